The Bertz CT molecular complexity index is 716. The first-order chi connectivity index (χ1) is 8.66. The van der Waals surface area contributed by atoms with Crippen LogP contribution in [0.25, 0.3) is 10.8 Å². The van der Waals surface area contributed by atoms with Gasteiger partial charge in [0.1, 0.15) is 0 Å². The van der Waals surface area contributed by atoms with Gasteiger partial charge in [-0.3, -0.25) is 4.79 Å². The van der Waals surface area contributed by atoms with Crippen LogP contribution < -0.4 is 34.7 Å². The summed E-state index contributed by atoms with van der Waals surface area (Å²) in [7, 11) is 0. The molecule has 2 aromatic rings. The molecule has 0 heterocycles. The molecule has 19 heavy (non-hydrogen) atoms. The van der Waals surface area contributed by atoms with Gasteiger partial charge in [0, 0.05) is 17.6 Å². The summed E-state index contributed by atoms with van der Waals surface area (Å²) in [6, 6.07) is 11.4. The molecule has 0 atom stereocenters. The number of Topliss-reactive ketones (excluding diaryl/α,β-unsaturated/α-hetero) is 1. The van der Waals surface area contributed by atoms with Crippen LogP contribution >= 0.6 is 0 Å². The van der Waals surface area contributed by atoms with Crippen LogP contribution in [-0.4, -0.2) is 11.8 Å². The first kappa shape index (κ1) is 14.0. The van der Waals surface area contributed by atoms with Crippen LogP contribution in [0.3, 0.4) is 0 Å². The zero-order valence-electron chi connectivity index (χ0n) is 10.5. The maximum atomic E-state index is 12.2. The van der Waals surface area contributed by atoms with Crippen molar-refractivity contribution in [1.29, 1.82) is 0 Å². The van der Waals surface area contributed by atoms with E-state index in [2.05, 4.69) is 0 Å². The smallest absolute Gasteiger partial charge is 0.545 e. The van der Waals surface area contributed by atoms with Gasteiger partial charge in [0.15, 0.2) is 5.78 Å². The fourth-order valence-electron chi connectivity index (χ4n) is 2.44. The molecule has 0 aromatic heterocycles. The van der Waals surface area contributed by atoms with E-state index in [1.54, 1.807) is 0 Å². The standard InChI is InChI=1S/C15H10O3.Na/c16-13(17)8-11-7-10-6-5-9-3-1-2-4-12(9)14(10)15(11)18;/h1-6,8H,7H2,(H,16,17);/q;+1/p-1/b11-8+;. The third kappa shape index (κ3) is 2.37. The van der Waals surface area contributed by atoms with E-state index in [9.17, 15) is 14.7 Å². The third-order valence-electron chi connectivity index (χ3n) is 3.21. The second-order valence-corrected chi connectivity index (χ2v) is 4.32. The van der Waals surface area contributed by atoms with E-state index in [-0.39, 0.29) is 35.3 Å². The van der Waals surface area contributed by atoms with Gasteiger partial charge in [0.25, 0.3) is 0 Å². The average molecular weight is 260 g/mol. The SMILES string of the molecule is O=C([O-])/C=C1\Cc2ccc3ccccc3c2C1=O.[Na+]. The van der Waals surface area contributed by atoms with Crippen LogP contribution in [0.2, 0.25) is 0 Å². The summed E-state index contributed by atoms with van der Waals surface area (Å²) >= 11 is 0. The van der Waals surface area contributed by atoms with Gasteiger partial charge in [0.05, 0.1) is 5.97 Å². The van der Waals surface area contributed by atoms with Crippen LogP contribution in [0.15, 0.2) is 48.0 Å². The van der Waals surface area contributed by atoms with Crippen LogP contribution in [0.4, 0.5) is 0 Å². The molecular weight excluding hydrogens is 251 g/mol. The number of carbonyl (C=O) groups is 2. The molecule has 0 bridgehead atoms. The predicted molar refractivity (Wildman–Crippen MR) is 65.1 cm³/mol. The quantitative estimate of drug-likeness (QED) is 0.452. The topological polar surface area (TPSA) is 57.2 Å². The molecule has 0 spiro atoms. The summed E-state index contributed by atoms with van der Waals surface area (Å²) in [5.74, 6) is -1.53. The number of hydrogen-bond donors (Lipinski definition) is 0. The number of carboxylic acids is 1. The van der Waals surface area contributed by atoms with E-state index < -0.39 is 5.97 Å². The Kier molecular flexibility index (Phi) is 3.90. The normalized spacial score (nSPS) is 15.4. The Hall–Kier alpha value is -1.42. The fraction of sp³-hybridized carbons (Fsp3) is 0.0667. The number of carbonyl (C=O) groups excluding carboxylic acids is 2. The molecule has 0 aliphatic heterocycles. The van der Waals surface area contributed by atoms with E-state index in [1.165, 1.54) is 0 Å². The summed E-state index contributed by atoms with van der Waals surface area (Å²) in [6.45, 7) is 0. The molecule has 1 aliphatic carbocycles. The van der Waals surface area contributed by atoms with Gasteiger partial charge in [-0.15, -0.1) is 0 Å². The zero-order valence-corrected chi connectivity index (χ0v) is 12.5. The number of fused-ring (bicyclic) bond motifs is 3. The number of rotatable bonds is 1. The van der Waals surface area contributed by atoms with Crippen molar-refractivity contribution in [3.63, 3.8) is 0 Å². The first-order valence-corrected chi connectivity index (χ1v) is 5.63. The number of aliphatic carboxylic acids is 1. The first-order valence-electron chi connectivity index (χ1n) is 5.63. The van der Waals surface area contributed by atoms with Crippen LogP contribution in [0.1, 0.15) is 15.9 Å². The van der Waals surface area contributed by atoms with Crippen molar-refractivity contribution in [2.45, 2.75) is 6.42 Å². The summed E-state index contributed by atoms with van der Waals surface area (Å²) in [5, 5.41) is 12.4. The minimum Gasteiger partial charge on any atom is -0.545 e. The zero-order chi connectivity index (χ0) is 12.7. The molecule has 0 N–H and O–H groups in total. The van der Waals surface area contributed by atoms with E-state index in [0.717, 1.165) is 22.4 Å². The number of benzene rings is 2. The van der Waals surface area contributed by atoms with Gasteiger partial charge in [-0.25, -0.2) is 0 Å². The van der Waals surface area contributed by atoms with Crippen molar-refractivity contribution >= 4 is 22.5 Å². The summed E-state index contributed by atoms with van der Waals surface area (Å²) in [6.07, 6.45) is 1.27. The van der Waals surface area contributed by atoms with E-state index in [0.29, 0.717) is 17.6 Å². The van der Waals surface area contributed by atoms with Gasteiger partial charge in [-0.1, -0.05) is 36.4 Å². The van der Waals surface area contributed by atoms with Crippen molar-refractivity contribution in [2.24, 2.45) is 0 Å². The maximum Gasteiger partial charge on any atom is 1.00 e. The number of ketones is 1. The minimum absolute atomic E-state index is 0. The molecule has 0 unspecified atom stereocenters. The van der Waals surface area contributed by atoms with Gasteiger partial charge >= 0.3 is 29.6 Å². The van der Waals surface area contributed by atoms with Gasteiger partial charge in [-0.05, 0) is 22.4 Å². The summed E-state index contributed by atoms with van der Waals surface area (Å²) < 4.78 is 0. The van der Waals surface area contributed by atoms with Gasteiger partial charge < -0.3 is 9.90 Å². The largest absolute Gasteiger partial charge is 1.00 e. The monoisotopic (exact) mass is 260 g/mol. The van der Waals surface area contributed by atoms with Crippen LogP contribution in [0.5, 0.6) is 0 Å². The maximum absolute atomic E-state index is 12.2. The Morgan fingerprint density at radius 1 is 1.16 bits per heavy atom. The van der Waals surface area contributed by atoms with Crippen molar-refractivity contribution in [3.05, 3.63) is 59.2 Å². The van der Waals surface area contributed by atoms with Gasteiger partial charge in [-0.2, -0.15) is 0 Å². The molecule has 88 valence electrons. The average Bonchev–Trinajstić information content (AvgIpc) is 2.66. The summed E-state index contributed by atoms with van der Waals surface area (Å²) in [5.41, 5.74) is 1.80. The molecule has 0 saturated heterocycles. The molecule has 2 aromatic carbocycles. The molecular formula is C15H9NaO3. The Labute approximate surface area is 132 Å². The Morgan fingerprint density at radius 2 is 1.89 bits per heavy atom. The second kappa shape index (κ2) is 5.29. The van der Waals surface area contributed by atoms with E-state index >= 15 is 0 Å². The minimum atomic E-state index is -1.32. The molecule has 4 heteroatoms. The van der Waals surface area contributed by atoms with E-state index in [1.807, 2.05) is 36.4 Å². The van der Waals surface area contributed by atoms with Crippen molar-refractivity contribution < 1.29 is 44.3 Å². The predicted octanol–water partition coefficient (Wildman–Crippen LogP) is -1.74. The molecule has 1 aliphatic rings. The molecule has 0 saturated carbocycles. The molecule has 3 rings (SSSR count). The number of carboxylic acid groups (broad SMARTS) is 1. The van der Waals surface area contributed by atoms with Crippen molar-refractivity contribution in [2.75, 3.05) is 0 Å². The van der Waals surface area contributed by atoms with Crippen LogP contribution in [0, 0.1) is 0 Å². The molecule has 0 fully saturated rings. The van der Waals surface area contributed by atoms with Gasteiger partial charge in [0.2, 0.25) is 0 Å². The fourth-order valence-corrected chi connectivity index (χ4v) is 2.44. The van der Waals surface area contributed by atoms with Crippen LogP contribution in [-0.2, 0) is 11.2 Å². The molecule has 0 radical (unpaired) electrons. The summed E-state index contributed by atoms with van der Waals surface area (Å²) in [4.78, 5) is 22.8. The number of allylic oxidation sites excluding steroid dienone is 1. The Balaban J connectivity index is 0.00000133. The molecule has 3 nitrogen and oxygen atoms in total. The van der Waals surface area contributed by atoms with E-state index in [4.69, 9.17) is 0 Å². The van der Waals surface area contributed by atoms with Crippen molar-refractivity contribution in [1.82, 2.24) is 0 Å². The van der Waals surface area contributed by atoms with Crippen molar-refractivity contribution in [3.8, 4) is 0 Å². The molecule has 0 amide bonds. The Morgan fingerprint density at radius 3 is 2.63 bits per heavy atom. The third-order valence-corrected chi connectivity index (χ3v) is 3.21. The number of hydrogen-bond acceptors (Lipinski definition) is 3. The second-order valence-electron chi connectivity index (χ2n) is 4.32.